The molecule has 0 bridgehead atoms. The Hall–Kier alpha value is -1.40. The summed E-state index contributed by atoms with van der Waals surface area (Å²) in [7, 11) is 0. The monoisotopic (exact) mass is 321 g/mol. The molecule has 3 rings (SSSR count). The summed E-state index contributed by atoms with van der Waals surface area (Å²) in [5.74, 6) is 0.241. The lowest BCUT2D eigenvalue weighted by Crippen LogP contribution is -2.36. The highest BCUT2D eigenvalue weighted by Gasteiger charge is 2.20. The van der Waals surface area contributed by atoms with Crippen molar-refractivity contribution in [1.82, 2.24) is 9.88 Å². The summed E-state index contributed by atoms with van der Waals surface area (Å²) in [5.41, 5.74) is 2.20. The minimum atomic E-state index is 0.241. The van der Waals surface area contributed by atoms with Crippen LogP contribution in [0.5, 0.6) is 0 Å². The van der Waals surface area contributed by atoms with Crippen LogP contribution in [0.3, 0.4) is 0 Å². The Morgan fingerprint density at radius 2 is 2.19 bits per heavy atom. The summed E-state index contributed by atoms with van der Waals surface area (Å²) in [6.45, 7) is 5.53. The van der Waals surface area contributed by atoms with Gasteiger partial charge in [-0.1, -0.05) is 0 Å². The molecule has 0 unspecified atom stereocenters. The van der Waals surface area contributed by atoms with Crippen molar-refractivity contribution in [2.24, 2.45) is 0 Å². The third-order valence-corrected chi connectivity index (χ3v) is 5.41. The maximum absolute atomic E-state index is 12.4. The largest absolute Gasteiger partial charge is 0.346 e. The fourth-order valence-electron chi connectivity index (χ4n) is 2.52. The quantitative estimate of drug-likeness (QED) is 0.872. The molecular weight excluding hydrogens is 302 g/mol. The molecule has 2 aromatic rings. The summed E-state index contributed by atoms with van der Waals surface area (Å²) < 4.78 is 0. The number of aryl methyl sites for hydroxylation is 1. The van der Waals surface area contributed by atoms with Gasteiger partial charge in [-0.2, -0.15) is 11.3 Å². The van der Waals surface area contributed by atoms with Crippen LogP contribution in [0.15, 0.2) is 22.2 Å². The van der Waals surface area contributed by atoms with E-state index in [0.29, 0.717) is 6.42 Å². The van der Waals surface area contributed by atoms with E-state index in [1.165, 1.54) is 0 Å². The summed E-state index contributed by atoms with van der Waals surface area (Å²) in [6.07, 6.45) is 1.54. The molecule has 1 saturated heterocycles. The van der Waals surface area contributed by atoms with Gasteiger partial charge >= 0.3 is 0 Å². The lowest BCUT2D eigenvalue weighted by molar-refractivity contribution is -0.130. The van der Waals surface area contributed by atoms with Gasteiger partial charge < -0.3 is 9.80 Å². The van der Waals surface area contributed by atoms with Gasteiger partial charge in [0.2, 0.25) is 5.91 Å². The van der Waals surface area contributed by atoms with Crippen LogP contribution in [-0.4, -0.2) is 42.0 Å². The van der Waals surface area contributed by atoms with E-state index in [2.05, 4.69) is 20.6 Å². The van der Waals surface area contributed by atoms with Gasteiger partial charge in [-0.3, -0.25) is 4.79 Å². The first-order valence-electron chi connectivity index (χ1n) is 7.18. The predicted molar refractivity (Wildman–Crippen MR) is 88.3 cm³/mol. The number of rotatable bonds is 3. The van der Waals surface area contributed by atoms with Crippen molar-refractivity contribution in [3.8, 4) is 0 Å². The number of anilines is 1. The lowest BCUT2D eigenvalue weighted by atomic mass is 10.2. The van der Waals surface area contributed by atoms with E-state index in [0.717, 1.165) is 49.0 Å². The van der Waals surface area contributed by atoms with Crippen LogP contribution in [0, 0.1) is 6.92 Å². The first kappa shape index (κ1) is 14.5. The van der Waals surface area contributed by atoms with Crippen LogP contribution in [0.4, 0.5) is 5.13 Å². The molecule has 0 atom stereocenters. The van der Waals surface area contributed by atoms with Gasteiger partial charge in [-0.15, -0.1) is 11.3 Å². The van der Waals surface area contributed by atoms with Crippen LogP contribution in [0.25, 0.3) is 0 Å². The van der Waals surface area contributed by atoms with Crippen LogP contribution in [0.1, 0.15) is 17.7 Å². The minimum Gasteiger partial charge on any atom is -0.346 e. The number of aromatic nitrogens is 1. The van der Waals surface area contributed by atoms with Crippen molar-refractivity contribution >= 4 is 33.7 Å². The predicted octanol–water partition coefficient (Wildman–Crippen LogP) is 2.79. The zero-order valence-electron chi connectivity index (χ0n) is 12.1. The highest BCUT2D eigenvalue weighted by Crippen LogP contribution is 2.21. The van der Waals surface area contributed by atoms with Gasteiger partial charge in [0.1, 0.15) is 0 Å². The SMILES string of the molecule is Cc1csc(N2CCCN(C(=O)Cc3ccsc3)CC2)n1. The van der Waals surface area contributed by atoms with Crippen molar-refractivity contribution in [1.29, 1.82) is 0 Å². The highest BCUT2D eigenvalue weighted by atomic mass is 32.1. The van der Waals surface area contributed by atoms with Gasteiger partial charge in [0, 0.05) is 31.6 Å². The Balaban J connectivity index is 1.59. The first-order valence-corrected chi connectivity index (χ1v) is 9.00. The normalized spacial score (nSPS) is 16.0. The van der Waals surface area contributed by atoms with Crippen LogP contribution < -0.4 is 4.90 Å². The van der Waals surface area contributed by atoms with E-state index >= 15 is 0 Å². The molecule has 0 spiro atoms. The average molecular weight is 321 g/mol. The van der Waals surface area contributed by atoms with Crippen molar-refractivity contribution in [2.75, 3.05) is 31.1 Å². The summed E-state index contributed by atoms with van der Waals surface area (Å²) >= 11 is 3.34. The fourth-order valence-corrected chi connectivity index (χ4v) is 4.05. The van der Waals surface area contributed by atoms with E-state index in [-0.39, 0.29) is 5.91 Å². The van der Waals surface area contributed by atoms with Crippen molar-refractivity contribution in [3.05, 3.63) is 33.5 Å². The molecule has 1 aliphatic rings. The van der Waals surface area contributed by atoms with Gasteiger partial charge in [-0.05, 0) is 35.7 Å². The molecule has 21 heavy (non-hydrogen) atoms. The van der Waals surface area contributed by atoms with Gasteiger partial charge in [-0.25, -0.2) is 4.98 Å². The van der Waals surface area contributed by atoms with E-state index < -0.39 is 0 Å². The fraction of sp³-hybridized carbons (Fsp3) is 0.467. The molecule has 4 nitrogen and oxygen atoms in total. The smallest absolute Gasteiger partial charge is 0.227 e. The molecule has 112 valence electrons. The van der Waals surface area contributed by atoms with E-state index in [1.807, 2.05) is 23.3 Å². The Bertz CT molecular complexity index is 594. The first-order chi connectivity index (χ1) is 10.2. The molecule has 0 N–H and O–H groups in total. The highest BCUT2D eigenvalue weighted by molar-refractivity contribution is 7.13. The zero-order chi connectivity index (χ0) is 14.7. The number of amides is 1. The van der Waals surface area contributed by atoms with Gasteiger partial charge in [0.15, 0.2) is 5.13 Å². The van der Waals surface area contributed by atoms with E-state index in [9.17, 15) is 4.79 Å². The molecule has 6 heteroatoms. The lowest BCUT2D eigenvalue weighted by Gasteiger charge is -2.21. The topological polar surface area (TPSA) is 36.4 Å². The van der Waals surface area contributed by atoms with Gasteiger partial charge in [0.05, 0.1) is 12.1 Å². The number of carbonyl (C=O) groups is 1. The molecule has 1 amide bonds. The maximum atomic E-state index is 12.4. The average Bonchev–Trinajstić information content (AvgIpc) is 3.05. The molecule has 1 fully saturated rings. The number of hydrogen-bond donors (Lipinski definition) is 0. The number of thiazole rings is 1. The summed E-state index contributed by atoms with van der Waals surface area (Å²) in [5, 5.41) is 7.25. The number of nitrogens with zero attached hydrogens (tertiary/aromatic N) is 3. The van der Waals surface area contributed by atoms with Crippen molar-refractivity contribution in [2.45, 2.75) is 19.8 Å². The number of carbonyl (C=O) groups excluding carboxylic acids is 1. The molecule has 0 aliphatic carbocycles. The standard InChI is InChI=1S/C15H19N3OS2/c1-12-10-21-15(16-12)18-5-2-4-17(6-7-18)14(19)9-13-3-8-20-11-13/h3,8,10-11H,2,4-7,9H2,1H3. The third kappa shape index (κ3) is 3.63. The molecule has 0 saturated carbocycles. The second kappa shape index (κ2) is 6.58. The number of hydrogen-bond acceptors (Lipinski definition) is 5. The van der Waals surface area contributed by atoms with E-state index in [4.69, 9.17) is 0 Å². The van der Waals surface area contributed by atoms with Crippen LogP contribution in [0.2, 0.25) is 0 Å². The molecule has 1 aliphatic heterocycles. The molecule has 0 aromatic carbocycles. The molecule has 2 aromatic heterocycles. The van der Waals surface area contributed by atoms with E-state index in [1.54, 1.807) is 22.7 Å². The summed E-state index contributed by atoms with van der Waals surface area (Å²) in [6, 6.07) is 2.03. The summed E-state index contributed by atoms with van der Waals surface area (Å²) in [4.78, 5) is 21.2. The molecular formula is C15H19N3OS2. The Kier molecular flexibility index (Phi) is 4.55. The second-order valence-electron chi connectivity index (χ2n) is 5.30. The third-order valence-electron chi connectivity index (χ3n) is 3.66. The van der Waals surface area contributed by atoms with Gasteiger partial charge in [0.25, 0.3) is 0 Å². The minimum absolute atomic E-state index is 0.241. The Morgan fingerprint density at radius 1 is 1.29 bits per heavy atom. The number of thiophene rings is 1. The van der Waals surface area contributed by atoms with Crippen LogP contribution in [-0.2, 0) is 11.2 Å². The Labute approximate surface area is 133 Å². The Morgan fingerprint density at radius 3 is 2.90 bits per heavy atom. The maximum Gasteiger partial charge on any atom is 0.227 e. The van der Waals surface area contributed by atoms with Crippen LogP contribution >= 0.6 is 22.7 Å². The zero-order valence-corrected chi connectivity index (χ0v) is 13.8. The van der Waals surface area contributed by atoms with Crippen molar-refractivity contribution < 1.29 is 4.79 Å². The molecule has 3 heterocycles. The molecule has 0 radical (unpaired) electrons. The van der Waals surface area contributed by atoms with Crippen molar-refractivity contribution in [3.63, 3.8) is 0 Å². The second-order valence-corrected chi connectivity index (χ2v) is 6.92.